The van der Waals surface area contributed by atoms with Gasteiger partial charge in [-0.2, -0.15) is 15.5 Å². The van der Waals surface area contributed by atoms with Gasteiger partial charge in [0.2, 0.25) is 0 Å². The summed E-state index contributed by atoms with van der Waals surface area (Å²) < 4.78 is 0. The Morgan fingerprint density at radius 3 is 2.65 bits per heavy atom. The van der Waals surface area contributed by atoms with Gasteiger partial charge < -0.3 is 0 Å². The van der Waals surface area contributed by atoms with Crippen LogP contribution in [0.5, 0.6) is 0 Å². The van der Waals surface area contributed by atoms with Crippen LogP contribution in [-0.4, -0.2) is 10.2 Å². The molecule has 1 aromatic heterocycles. The highest BCUT2D eigenvalue weighted by atomic mass is 35.5. The molecule has 1 atom stereocenters. The molecule has 84 valence electrons. The predicted molar refractivity (Wildman–Crippen MR) is 66.0 cm³/mol. The third kappa shape index (κ3) is 2.55. The third-order valence-corrected chi connectivity index (χ3v) is 2.85. The van der Waals surface area contributed by atoms with Gasteiger partial charge in [-0.25, -0.2) is 0 Å². The van der Waals surface area contributed by atoms with E-state index in [2.05, 4.69) is 16.3 Å². The zero-order valence-corrected chi connectivity index (χ0v) is 10.2. The molecule has 5 heteroatoms. The van der Waals surface area contributed by atoms with Crippen LogP contribution in [0.2, 0.25) is 10.0 Å². The minimum atomic E-state index is -0.534. The highest BCUT2D eigenvalue weighted by Crippen LogP contribution is 2.30. The van der Waals surface area contributed by atoms with Crippen LogP contribution in [0, 0.1) is 11.3 Å². The van der Waals surface area contributed by atoms with E-state index in [0.29, 0.717) is 21.3 Å². The maximum Gasteiger partial charge on any atom is 0.117 e. The highest BCUT2D eigenvalue weighted by molar-refractivity contribution is 6.35. The van der Waals surface area contributed by atoms with Gasteiger partial charge >= 0.3 is 0 Å². The van der Waals surface area contributed by atoms with Crippen molar-refractivity contribution in [3.05, 3.63) is 57.8 Å². The largest absolute Gasteiger partial charge is 0.197 e. The molecule has 0 saturated carbocycles. The van der Waals surface area contributed by atoms with Gasteiger partial charge in [-0.05, 0) is 29.8 Å². The zero-order valence-electron chi connectivity index (χ0n) is 8.64. The van der Waals surface area contributed by atoms with E-state index in [4.69, 9.17) is 23.2 Å². The average Bonchev–Trinajstić information content (AvgIpc) is 2.34. The molecule has 1 heterocycles. The van der Waals surface area contributed by atoms with Crippen molar-refractivity contribution in [2.24, 2.45) is 0 Å². The Hall–Kier alpha value is -1.63. The fourth-order valence-electron chi connectivity index (χ4n) is 1.50. The summed E-state index contributed by atoms with van der Waals surface area (Å²) >= 11 is 11.9. The first-order chi connectivity index (χ1) is 8.22. The van der Waals surface area contributed by atoms with E-state index in [1.54, 1.807) is 36.5 Å². The molecule has 0 aliphatic heterocycles. The van der Waals surface area contributed by atoms with Gasteiger partial charge in [-0.1, -0.05) is 29.3 Å². The number of nitriles is 1. The second kappa shape index (κ2) is 5.13. The molecule has 0 saturated heterocycles. The number of hydrogen-bond donors (Lipinski definition) is 0. The lowest BCUT2D eigenvalue weighted by molar-refractivity contribution is 0.884. The molecule has 0 spiro atoms. The smallest absolute Gasteiger partial charge is 0.117 e. The van der Waals surface area contributed by atoms with E-state index in [-0.39, 0.29) is 0 Å². The lowest BCUT2D eigenvalue weighted by Crippen LogP contribution is -2.02. The van der Waals surface area contributed by atoms with Crippen LogP contribution in [0.3, 0.4) is 0 Å². The van der Waals surface area contributed by atoms with Crippen molar-refractivity contribution in [2.45, 2.75) is 5.92 Å². The van der Waals surface area contributed by atoms with Gasteiger partial charge in [0.25, 0.3) is 0 Å². The van der Waals surface area contributed by atoms with Crippen molar-refractivity contribution in [3.63, 3.8) is 0 Å². The zero-order chi connectivity index (χ0) is 12.3. The van der Waals surface area contributed by atoms with Crippen LogP contribution in [-0.2, 0) is 0 Å². The van der Waals surface area contributed by atoms with Crippen LogP contribution < -0.4 is 0 Å². The van der Waals surface area contributed by atoms with E-state index >= 15 is 0 Å². The number of aromatic nitrogens is 2. The molecule has 3 nitrogen and oxygen atoms in total. The number of rotatable bonds is 2. The number of halogens is 2. The molecule has 2 aromatic rings. The molecular formula is C12H7Cl2N3. The average molecular weight is 264 g/mol. The van der Waals surface area contributed by atoms with Gasteiger partial charge in [-0.3, -0.25) is 0 Å². The van der Waals surface area contributed by atoms with E-state index in [1.807, 2.05) is 0 Å². The van der Waals surface area contributed by atoms with Crippen LogP contribution in [0.25, 0.3) is 0 Å². The topological polar surface area (TPSA) is 49.6 Å². The summed E-state index contributed by atoms with van der Waals surface area (Å²) in [5.41, 5.74) is 1.25. The van der Waals surface area contributed by atoms with Crippen LogP contribution in [0.4, 0.5) is 0 Å². The lowest BCUT2D eigenvalue weighted by Gasteiger charge is -2.10. The number of benzene rings is 1. The molecule has 0 aliphatic rings. The highest BCUT2D eigenvalue weighted by Gasteiger charge is 2.18. The monoisotopic (exact) mass is 263 g/mol. The number of nitrogens with zero attached hydrogens (tertiary/aromatic N) is 3. The molecule has 2 rings (SSSR count). The molecule has 0 fully saturated rings. The van der Waals surface area contributed by atoms with Crippen molar-refractivity contribution in [2.75, 3.05) is 0 Å². The van der Waals surface area contributed by atoms with Crippen LogP contribution in [0.15, 0.2) is 36.5 Å². The standard InChI is InChI=1S/C12H7Cl2N3/c13-8-3-4-9(11(14)6-8)10(7-15)12-2-1-5-16-17-12/h1-6,10H. The molecule has 0 bridgehead atoms. The summed E-state index contributed by atoms with van der Waals surface area (Å²) in [6.45, 7) is 0. The van der Waals surface area contributed by atoms with E-state index in [1.165, 1.54) is 0 Å². The molecule has 0 radical (unpaired) electrons. The van der Waals surface area contributed by atoms with Crippen molar-refractivity contribution < 1.29 is 0 Å². The predicted octanol–water partition coefficient (Wildman–Crippen LogP) is 3.44. The first-order valence-electron chi connectivity index (χ1n) is 4.84. The molecule has 1 aromatic carbocycles. The van der Waals surface area contributed by atoms with Crippen molar-refractivity contribution in [1.82, 2.24) is 10.2 Å². The fourth-order valence-corrected chi connectivity index (χ4v) is 2.02. The summed E-state index contributed by atoms with van der Waals surface area (Å²) in [6, 6.07) is 10.7. The molecule has 1 unspecified atom stereocenters. The Balaban J connectivity index is 2.47. The minimum absolute atomic E-state index is 0.453. The van der Waals surface area contributed by atoms with Crippen molar-refractivity contribution in [3.8, 4) is 6.07 Å². The SMILES string of the molecule is N#CC(c1cccnn1)c1ccc(Cl)cc1Cl. The summed E-state index contributed by atoms with van der Waals surface area (Å²) in [5, 5.41) is 17.9. The molecule has 0 aliphatic carbocycles. The van der Waals surface area contributed by atoms with Gasteiger partial charge in [0, 0.05) is 16.2 Å². The Kier molecular flexibility index (Phi) is 3.58. The van der Waals surface area contributed by atoms with Crippen LogP contribution in [0.1, 0.15) is 17.2 Å². The summed E-state index contributed by atoms with van der Waals surface area (Å²) in [6.07, 6.45) is 1.56. The molecule has 0 N–H and O–H groups in total. The maximum absolute atomic E-state index is 9.22. The van der Waals surface area contributed by atoms with E-state index < -0.39 is 5.92 Å². The first-order valence-corrected chi connectivity index (χ1v) is 5.60. The molecule has 0 amide bonds. The van der Waals surface area contributed by atoms with Crippen LogP contribution >= 0.6 is 23.2 Å². The van der Waals surface area contributed by atoms with Gasteiger partial charge in [0.15, 0.2) is 0 Å². The van der Waals surface area contributed by atoms with E-state index in [9.17, 15) is 5.26 Å². The fraction of sp³-hybridized carbons (Fsp3) is 0.0833. The Labute approximate surface area is 109 Å². The molecular weight excluding hydrogens is 257 g/mol. The quantitative estimate of drug-likeness (QED) is 0.834. The first kappa shape index (κ1) is 11.8. The van der Waals surface area contributed by atoms with Crippen molar-refractivity contribution in [1.29, 1.82) is 5.26 Å². The summed E-state index contributed by atoms with van der Waals surface area (Å²) in [4.78, 5) is 0. The second-order valence-electron chi connectivity index (χ2n) is 3.38. The summed E-state index contributed by atoms with van der Waals surface area (Å²) in [7, 11) is 0. The van der Waals surface area contributed by atoms with Crippen molar-refractivity contribution >= 4 is 23.2 Å². The Bertz CT molecular complexity index is 564. The molecule has 17 heavy (non-hydrogen) atoms. The second-order valence-corrected chi connectivity index (χ2v) is 4.22. The normalized spacial score (nSPS) is 11.8. The van der Waals surface area contributed by atoms with Gasteiger partial charge in [-0.15, -0.1) is 0 Å². The minimum Gasteiger partial charge on any atom is -0.197 e. The van der Waals surface area contributed by atoms with Gasteiger partial charge in [0.05, 0.1) is 11.8 Å². The van der Waals surface area contributed by atoms with E-state index in [0.717, 1.165) is 0 Å². The third-order valence-electron chi connectivity index (χ3n) is 2.29. The maximum atomic E-state index is 9.22. The number of hydrogen-bond acceptors (Lipinski definition) is 3. The summed E-state index contributed by atoms with van der Waals surface area (Å²) in [5.74, 6) is -0.534. The Morgan fingerprint density at radius 2 is 2.06 bits per heavy atom. The lowest BCUT2D eigenvalue weighted by atomic mass is 9.97. The Morgan fingerprint density at radius 1 is 1.24 bits per heavy atom. The van der Waals surface area contributed by atoms with Gasteiger partial charge in [0.1, 0.15) is 5.92 Å².